The second kappa shape index (κ2) is 8.45. The van der Waals surface area contributed by atoms with Crippen molar-refractivity contribution in [3.63, 3.8) is 0 Å². The molecule has 24 heavy (non-hydrogen) atoms. The van der Waals surface area contributed by atoms with Gasteiger partial charge in [0.05, 0.1) is 10.8 Å². The molecule has 0 aromatic heterocycles. The lowest BCUT2D eigenvalue weighted by molar-refractivity contribution is -0.118. The molecule has 1 aliphatic heterocycles. The molecule has 1 N–H and O–H groups in total. The topological polar surface area (TPSA) is 32.3 Å². The van der Waals surface area contributed by atoms with Crippen molar-refractivity contribution in [3.8, 4) is 0 Å². The predicted octanol–water partition coefficient (Wildman–Crippen LogP) is 4.07. The predicted molar refractivity (Wildman–Crippen MR) is 102 cm³/mol. The molecule has 2 aromatic rings. The van der Waals surface area contributed by atoms with Gasteiger partial charge in [-0.05, 0) is 36.6 Å². The van der Waals surface area contributed by atoms with Gasteiger partial charge in [-0.2, -0.15) is 0 Å². The minimum Gasteiger partial charge on any atom is -0.371 e. The van der Waals surface area contributed by atoms with Crippen LogP contribution < -0.4 is 10.2 Å². The van der Waals surface area contributed by atoms with Crippen molar-refractivity contribution in [2.45, 2.75) is 11.3 Å². The molecule has 2 aromatic carbocycles. The van der Waals surface area contributed by atoms with Gasteiger partial charge in [-0.15, -0.1) is 11.8 Å². The summed E-state index contributed by atoms with van der Waals surface area (Å²) in [7, 11) is 0. The maximum Gasteiger partial charge on any atom is 0.230 e. The summed E-state index contributed by atoms with van der Waals surface area (Å²) in [5, 5.41) is 3.76. The van der Waals surface area contributed by atoms with Crippen molar-refractivity contribution in [2.75, 3.05) is 30.3 Å². The number of hydrogen-bond acceptors (Lipinski definition) is 3. The highest BCUT2D eigenvalue weighted by atomic mass is 35.5. The molecular weight excluding hydrogens is 340 g/mol. The Labute approximate surface area is 152 Å². The van der Waals surface area contributed by atoms with Gasteiger partial charge in [0.25, 0.3) is 0 Å². The van der Waals surface area contributed by atoms with Crippen LogP contribution in [-0.4, -0.2) is 31.3 Å². The van der Waals surface area contributed by atoms with Crippen LogP contribution in [0.4, 0.5) is 5.69 Å². The van der Waals surface area contributed by atoms with E-state index in [2.05, 4.69) is 34.5 Å². The lowest BCUT2D eigenvalue weighted by Gasteiger charge is -2.18. The van der Waals surface area contributed by atoms with Gasteiger partial charge in [0, 0.05) is 30.2 Å². The zero-order chi connectivity index (χ0) is 16.8. The lowest BCUT2D eigenvalue weighted by Crippen LogP contribution is -2.32. The molecule has 1 fully saturated rings. The van der Waals surface area contributed by atoms with Crippen molar-refractivity contribution in [1.29, 1.82) is 0 Å². The molecule has 0 aliphatic carbocycles. The third-order valence-corrected chi connectivity index (χ3v) is 5.71. The Morgan fingerprint density at radius 2 is 1.92 bits per heavy atom. The Morgan fingerprint density at radius 3 is 2.71 bits per heavy atom. The minimum atomic E-state index is 0.0677. The first-order chi connectivity index (χ1) is 11.7. The largest absolute Gasteiger partial charge is 0.371 e. The molecule has 0 spiro atoms. The molecule has 1 heterocycles. The number of nitrogens with one attached hydrogen (secondary N) is 1. The first kappa shape index (κ1) is 17.2. The van der Waals surface area contributed by atoms with Crippen molar-refractivity contribution in [2.24, 2.45) is 5.92 Å². The maximum atomic E-state index is 12.0. The van der Waals surface area contributed by atoms with Gasteiger partial charge in [-0.3, -0.25) is 4.79 Å². The Balaban J connectivity index is 1.40. The van der Waals surface area contributed by atoms with Gasteiger partial charge < -0.3 is 10.2 Å². The summed E-state index contributed by atoms with van der Waals surface area (Å²) in [5.41, 5.74) is 1.26. The van der Waals surface area contributed by atoms with Crippen LogP contribution in [0.1, 0.15) is 6.42 Å². The number of carbonyl (C=O) groups is 1. The number of rotatable bonds is 6. The second-order valence-electron chi connectivity index (χ2n) is 5.96. The van der Waals surface area contributed by atoms with Crippen LogP contribution in [0.3, 0.4) is 0 Å². The Kier molecular flexibility index (Phi) is 6.05. The van der Waals surface area contributed by atoms with Crippen LogP contribution in [0.25, 0.3) is 0 Å². The summed E-state index contributed by atoms with van der Waals surface area (Å²) in [6.07, 6.45) is 1.12. The lowest BCUT2D eigenvalue weighted by atomic mass is 10.1. The standard InChI is InChI=1S/C19H21ClN2OS/c20-17-8-4-5-9-18(17)24-14-19(23)21-12-15-10-11-22(13-15)16-6-2-1-3-7-16/h1-9,15H,10-14H2,(H,21,23). The molecule has 1 aliphatic rings. The van der Waals surface area contributed by atoms with Crippen LogP contribution in [-0.2, 0) is 4.79 Å². The molecular formula is C19H21ClN2OS. The van der Waals surface area contributed by atoms with E-state index in [0.29, 0.717) is 16.7 Å². The van der Waals surface area contributed by atoms with Crippen molar-refractivity contribution in [1.82, 2.24) is 5.32 Å². The van der Waals surface area contributed by atoms with Crippen LogP contribution in [0, 0.1) is 5.92 Å². The van der Waals surface area contributed by atoms with E-state index >= 15 is 0 Å². The fraction of sp³-hybridized carbons (Fsp3) is 0.316. The highest BCUT2D eigenvalue weighted by Crippen LogP contribution is 2.26. The normalized spacial score (nSPS) is 17.0. The number of carbonyl (C=O) groups excluding carboxylic acids is 1. The van der Waals surface area contributed by atoms with Gasteiger partial charge in [0.1, 0.15) is 0 Å². The molecule has 5 heteroatoms. The average molecular weight is 361 g/mol. The molecule has 1 atom stereocenters. The van der Waals surface area contributed by atoms with E-state index < -0.39 is 0 Å². The number of benzene rings is 2. The van der Waals surface area contributed by atoms with Gasteiger partial charge in [0.15, 0.2) is 0 Å². The summed E-state index contributed by atoms with van der Waals surface area (Å²) in [4.78, 5) is 15.4. The van der Waals surface area contributed by atoms with E-state index in [4.69, 9.17) is 11.6 Å². The van der Waals surface area contributed by atoms with Crippen molar-refractivity contribution >= 4 is 35.0 Å². The minimum absolute atomic E-state index is 0.0677. The number of halogens is 1. The van der Waals surface area contributed by atoms with Gasteiger partial charge >= 0.3 is 0 Å². The second-order valence-corrected chi connectivity index (χ2v) is 7.38. The van der Waals surface area contributed by atoms with E-state index in [0.717, 1.165) is 31.0 Å². The summed E-state index contributed by atoms with van der Waals surface area (Å²) in [6, 6.07) is 18.1. The van der Waals surface area contributed by atoms with Crippen LogP contribution in [0.5, 0.6) is 0 Å². The molecule has 0 bridgehead atoms. The molecule has 1 unspecified atom stereocenters. The molecule has 1 amide bonds. The Bertz CT molecular complexity index is 680. The average Bonchev–Trinajstić information content (AvgIpc) is 3.09. The molecule has 1 saturated heterocycles. The summed E-state index contributed by atoms with van der Waals surface area (Å²) >= 11 is 7.59. The monoisotopic (exact) mass is 360 g/mol. The van der Waals surface area contributed by atoms with Gasteiger partial charge in [0.2, 0.25) is 5.91 Å². The van der Waals surface area contributed by atoms with Gasteiger partial charge in [-0.25, -0.2) is 0 Å². The number of anilines is 1. The SMILES string of the molecule is O=C(CSc1ccccc1Cl)NCC1CCN(c2ccccc2)C1. The number of para-hydroxylation sites is 1. The maximum absolute atomic E-state index is 12.0. The molecule has 3 nitrogen and oxygen atoms in total. The van der Waals surface area contributed by atoms with E-state index in [9.17, 15) is 4.79 Å². The first-order valence-electron chi connectivity index (χ1n) is 8.16. The fourth-order valence-corrected chi connectivity index (χ4v) is 3.96. The van der Waals surface area contributed by atoms with E-state index in [-0.39, 0.29) is 5.91 Å². The molecule has 0 saturated carbocycles. The van der Waals surface area contributed by atoms with Gasteiger partial charge in [-0.1, -0.05) is 41.9 Å². The highest BCUT2D eigenvalue weighted by molar-refractivity contribution is 8.00. The number of nitrogens with zero attached hydrogens (tertiary/aromatic N) is 1. The molecule has 126 valence electrons. The zero-order valence-electron chi connectivity index (χ0n) is 13.5. The first-order valence-corrected chi connectivity index (χ1v) is 9.53. The van der Waals surface area contributed by atoms with Crippen LogP contribution in [0.15, 0.2) is 59.5 Å². The summed E-state index contributed by atoms with van der Waals surface area (Å²) < 4.78 is 0. The quantitative estimate of drug-likeness (QED) is 0.788. The van der Waals surface area contributed by atoms with E-state index in [1.54, 1.807) is 0 Å². The Hall–Kier alpha value is -1.65. The van der Waals surface area contributed by atoms with E-state index in [1.165, 1.54) is 17.4 Å². The van der Waals surface area contributed by atoms with Crippen LogP contribution >= 0.6 is 23.4 Å². The Morgan fingerprint density at radius 1 is 1.17 bits per heavy atom. The third-order valence-electron chi connectivity index (χ3n) is 4.19. The molecule has 0 radical (unpaired) electrons. The summed E-state index contributed by atoms with van der Waals surface area (Å²) in [5.74, 6) is 0.983. The number of thioether (sulfide) groups is 1. The number of hydrogen-bond donors (Lipinski definition) is 1. The highest BCUT2D eigenvalue weighted by Gasteiger charge is 2.22. The summed E-state index contributed by atoms with van der Waals surface area (Å²) in [6.45, 7) is 2.80. The smallest absolute Gasteiger partial charge is 0.230 e. The number of amides is 1. The van der Waals surface area contributed by atoms with Crippen molar-refractivity contribution in [3.05, 3.63) is 59.6 Å². The van der Waals surface area contributed by atoms with Crippen molar-refractivity contribution < 1.29 is 4.79 Å². The van der Waals surface area contributed by atoms with E-state index in [1.807, 2.05) is 30.3 Å². The molecule has 3 rings (SSSR count). The fourth-order valence-electron chi connectivity index (χ4n) is 2.89. The zero-order valence-corrected chi connectivity index (χ0v) is 15.0. The third kappa shape index (κ3) is 4.68. The van der Waals surface area contributed by atoms with Crippen LogP contribution in [0.2, 0.25) is 5.02 Å².